The largest absolute Gasteiger partial charge is 0.401 e. The summed E-state index contributed by atoms with van der Waals surface area (Å²) >= 11 is 0. The maximum atomic E-state index is 13.0. The van der Waals surface area contributed by atoms with Crippen LogP contribution in [0.25, 0.3) is 11.0 Å². The maximum absolute atomic E-state index is 13.0. The van der Waals surface area contributed by atoms with E-state index in [9.17, 15) is 9.59 Å². The van der Waals surface area contributed by atoms with Gasteiger partial charge in [-0.05, 0) is 64.3 Å². The Labute approximate surface area is 197 Å². The van der Waals surface area contributed by atoms with Gasteiger partial charge in [0.05, 0.1) is 18.4 Å². The molecule has 2 aromatic rings. The molecule has 5 nitrogen and oxygen atoms in total. The average molecular weight is 471 g/mol. The first kappa shape index (κ1) is 23.3. The molecule has 170 valence electrons. The zero-order valence-electron chi connectivity index (χ0n) is 20.0. The van der Waals surface area contributed by atoms with Crippen LogP contribution in [-0.2, 0) is 20.4 Å². The molecule has 0 fully saturated rings. The Morgan fingerprint density at radius 2 is 1.81 bits per heavy atom. The van der Waals surface area contributed by atoms with Crippen LogP contribution in [0.1, 0.15) is 72.4 Å². The highest BCUT2D eigenvalue weighted by Crippen LogP contribution is 2.47. The number of nitrogens with zero attached hydrogens (tertiary/aromatic N) is 2. The van der Waals surface area contributed by atoms with Crippen molar-refractivity contribution in [1.29, 1.82) is 0 Å². The normalized spacial score (nSPS) is 20.7. The molecule has 1 unspecified atom stereocenters. The smallest absolute Gasteiger partial charge is 0.298 e. The number of aromatic nitrogens is 2. The first-order chi connectivity index (χ1) is 15.0. The fourth-order valence-corrected chi connectivity index (χ4v) is 7.21. The molecule has 4 rings (SSSR count). The van der Waals surface area contributed by atoms with E-state index in [1.54, 1.807) is 10.8 Å². The van der Waals surface area contributed by atoms with Crippen molar-refractivity contribution in [3.63, 3.8) is 0 Å². The Kier molecular flexibility index (Phi) is 5.95. The summed E-state index contributed by atoms with van der Waals surface area (Å²) in [6.07, 6.45) is 3.43. The van der Waals surface area contributed by atoms with E-state index in [2.05, 4.69) is 31.0 Å². The number of allylic oxidation sites excluding steroid dienone is 1. The summed E-state index contributed by atoms with van der Waals surface area (Å²) in [4.78, 5) is 33.8. The van der Waals surface area contributed by atoms with E-state index in [0.717, 1.165) is 51.6 Å². The van der Waals surface area contributed by atoms with Crippen molar-refractivity contribution in [2.45, 2.75) is 77.4 Å². The molecule has 1 aromatic carbocycles. The lowest BCUT2D eigenvalue weighted by molar-refractivity contribution is -0.388. The van der Waals surface area contributed by atoms with Crippen molar-refractivity contribution in [2.75, 3.05) is 5.75 Å². The molecule has 1 N–H and O–H groups in total. The summed E-state index contributed by atoms with van der Waals surface area (Å²) in [5.41, 5.74) is 4.64. The summed E-state index contributed by atoms with van der Waals surface area (Å²) in [6.45, 7) is 14.3. The summed E-state index contributed by atoms with van der Waals surface area (Å²) < 4.78 is 2.05. The first-order valence-corrected chi connectivity index (χ1v) is 13.6. The van der Waals surface area contributed by atoms with Gasteiger partial charge in [0, 0.05) is 21.7 Å². The Morgan fingerprint density at radius 3 is 2.47 bits per heavy atom. The lowest BCUT2D eigenvalue weighted by Crippen LogP contribution is -2.33. The van der Waals surface area contributed by atoms with E-state index in [0.29, 0.717) is 11.7 Å². The molecular weight excluding hydrogens is 438 g/mol. The van der Waals surface area contributed by atoms with Crippen LogP contribution >= 0.6 is 21.6 Å². The molecule has 0 saturated carbocycles. The van der Waals surface area contributed by atoms with Crippen LogP contribution in [-0.4, -0.2) is 43.3 Å². The quantitative estimate of drug-likeness (QED) is 0.424. The molecule has 32 heavy (non-hydrogen) atoms. The highest BCUT2D eigenvalue weighted by Gasteiger charge is 2.51. The maximum Gasteiger partial charge on any atom is 0.401 e. The number of hydrogen-bond donors (Lipinski definition) is 1. The number of aromatic amines is 1. The van der Waals surface area contributed by atoms with Crippen LogP contribution in [0, 0.1) is 0 Å². The summed E-state index contributed by atoms with van der Waals surface area (Å²) in [5, 5.41) is 0.570. The molecule has 2 heterocycles. The number of hydrogen-bond acceptors (Lipinski definition) is 5. The summed E-state index contributed by atoms with van der Waals surface area (Å²) in [5.74, 6) is 1.88. The number of fused-ring (bicyclic) bond motifs is 2. The number of nitrogens with one attached hydrogen (secondary N) is 1. The number of imidazole rings is 1. The lowest BCUT2D eigenvalue weighted by atomic mass is 9.80. The molecule has 0 amide bonds. The fourth-order valence-electron chi connectivity index (χ4n) is 4.66. The standard InChI is InChI=1S/C25H32N3O2S2/c1-8-14(2)32-31-13-20-15(3)21(29)9-10-28(20)23-26-18-11-16-17(12-19(18)27-23)25(6,7)22(30)24(16,4)5/h10-12,14H,8-9,13H2,1-7H3,(H,26,27)/q+1. The number of carbonyl (C=O) groups is 2. The van der Waals surface area contributed by atoms with Crippen molar-refractivity contribution in [3.05, 3.63) is 34.5 Å². The Bertz CT molecular complexity index is 1130. The Morgan fingerprint density at radius 1 is 1.16 bits per heavy atom. The average Bonchev–Trinajstić information content (AvgIpc) is 3.22. The summed E-state index contributed by atoms with van der Waals surface area (Å²) in [7, 11) is 3.64. The number of Topliss-reactive ketones (excluding diaryl/α,β-unsaturated/α-hetero) is 2. The second-order valence-corrected chi connectivity index (χ2v) is 12.7. The molecule has 0 spiro atoms. The second-order valence-electron chi connectivity index (χ2n) is 9.88. The van der Waals surface area contributed by atoms with E-state index in [1.807, 2.05) is 56.2 Å². The SMILES string of the molecule is CCC(C)SSCC1=C(C)C(=O)CC=[N+]1c1nc2cc3c(cc2[nH]1)C(C)(C)C(=O)C3(C)C. The molecule has 0 saturated heterocycles. The number of carbonyl (C=O) groups excluding carboxylic acids is 2. The van der Waals surface area contributed by atoms with Gasteiger partial charge in [-0.2, -0.15) is 0 Å². The molecule has 1 aromatic heterocycles. The van der Waals surface area contributed by atoms with Crippen molar-refractivity contribution < 1.29 is 14.2 Å². The Balaban J connectivity index is 1.73. The molecule has 0 radical (unpaired) electrons. The van der Waals surface area contributed by atoms with Crippen LogP contribution in [0.2, 0.25) is 0 Å². The number of ketones is 2. The van der Waals surface area contributed by atoms with E-state index in [4.69, 9.17) is 4.98 Å². The molecule has 2 aliphatic rings. The van der Waals surface area contributed by atoms with Crippen LogP contribution in [0.5, 0.6) is 0 Å². The minimum absolute atomic E-state index is 0.169. The van der Waals surface area contributed by atoms with Crippen molar-refractivity contribution >= 4 is 56.4 Å². The third-order valence-electron chi connectivity index (χ3n) is 6.92. The number of rotatable bonds is 6. The second kappa shape index (κ2) is 8.17. The van der Waals surface area contributed by atoms with Gasteiger partial charge >= 0.3 is 5.95 Å². The van der Waals surface area contributed by atoms with Crippen LogP contribution in [0.3, 0.4) is 0 Å². The molecule has 0 bridgehead atoms. The summed E-state index contributed by atoms with van der Waals surface area (Å²) in [6, 6.07) is 4.16. The van der Waals surface area contributed by atoms with Crippen LogP contribution in [0.15, 0.2) is 23.4 Å². The van der Waals surface area contributed by atoms with Gasteiger partial charge in [0.1, 0.15) is 11.2 Å². The van der Waals surface area contributed by atoms with E-state index in [1.165, 1.54) is 0 Å². The van der Waals surface area contributed by atoms with Gasteiger partial charge < -0.3 is 0 Å². The van der Waals surface area contributed by atoms with Crippen molar-refractivity contribution in [2.24, 2.45) is 0 Å². The van der Waals surface area contributed by atoms with Crippen LogP contribution in [0.4, 0.5) is 5.95 Å². The third kappa shape index (κ3) is 3.67. The van der Waals surface area contributed by atoms with Gasteiger partial charge in [0.2, 0.25) is 0 Å². The van der Waals surface area contributed by atoms with Gasteiger partial charge in [0.25, 0.3) is 0 Å². The first-order valence-electron chi connectivity index (χ1n) is 11.2. The van der Waals surface area contributed by atoms with E-state index < -0.39 is 10.8 Å². The minimum Gasteiger partial charge on any atom is -0.298 e. The zero-order chi connectivity index (χ0) is 23.4. The zero-order valence-corrected chi connectivity index (χ0v) is 21.6. The van der Waals surface area contributed by atoms with Gasteiger partial charge in [-0.25, -0.2) is 9.56 Å². The molecule has 7 heteroatoms. The highest BCUT2D eigenvalue weighted by atomic mass is 33.1. The molecular formula is C25H32N3O2S2+. The lowest BCUT2D eigenvalue weighted by Gasteiger charge is -2.21. The molecule has 1 aliphatic heterocycles. The minimum atomic E-state index is -0.526. The van der Waals surface area contributed by atoms with E-state index >= 15 is 0 Å². The number of H-pyrrole nitrogens is 1. The molecule has 1 aliphatic carbocycles. The highest BCUT2D eigenvalue weighted by molar-refractivity contribution is 8.77. The van der Waals surface area contributed by atoms with Crippen molar-refractivity contribution in [1.82, 2.24) is 9.97 Å². The van der Waals surface area contributed by atoms with Gasteiger partial charge in [0.15, 0.2) is 17.1 Å². The topological polar surface area (TPSA) is 65.8 Å². The third-order valence-corrected chi connectivity index (χ3v) is 9.86. The van der Waals surface area contributed by atoms with Gasteiger partial charge in [-0.15, -0.1) is 0 Å². The van der Waals surface area contributed by atoms with Gasteiger partial charge in [-0.3, -0.25) is 9.59 Å². The van der Waals surface area contributed by atoms with Crippen LogP contribution < -0.4 is 0 Å². The Hall–Kier alpha value is -1.86. The fraction of sp³-hybridized carbons (Fsp3) is 0.520. The predicted octanol–water partition coefficient (Wildman–Crippen LogP) is 5.84. The number of benzene rings is 1. The monoisotopic (exact) mass is 470 g/mol. The van der Waals surface area contributed by atoms with Gasteiger partial charge in [-0.1, -0.05) is 40.4 Å². The van der Waals surface area contributed by atoms with E-state index in [-0.39, 0.29) is 11.6 Å². The predicted molar refractivity (Wildman–Crippen MR) is 135 cm³/mol. The van der Waals surface area contributed by atoms with Crippen molar-refractivity contribution in [3.8, 4) is 0 Å². The molecule has 1 atom stereocenters.